The predicted molar refractivity (Wildman–Crippen MR) is 129 cm³/mol. The van der Waals surface area contributed by atoms with Crippen LogP contribution in [0, 0.1) is 0 Å². The zero-order valence-corrected chi connectivity index (χ0v) is 19.5. The van der Waals surface area contributed by atoms with Crippen LogP contribution in [0.1, 0.15) is 39.5 Å². The van der Waals surface area contributed by atoms with E-state index in [1.54, 1.807) is 11.3 Å². The van der Waals surface area contributed by atoms with Crippen LogP contribution in [0.15, 0.2) is 52.1 Å². The summed E-state index contributed by atoms with van der Waals surface area (Å²) in [6.07, 6.45) is 3.08. The van der Waals surface area contributed by atoms with Crippen LogP contribution in [0.25, 0.3) is 10.6 Å². The number of rotatable bonds is 10. The predicted octanol–water partition coefficient (Wildman–Crippen LogP) is 6.51. The van der Waals surface area contributed by atoms with Gasteiger partial charge in [0, 0.05) is 22.4 Å². The molecule has 0 aliphatic rings. The molecule has 8 heteroatoms. The molecule has 5 nitrogen and oxygen atoms in total. The van der Waals surface area contributed by atoms with Crippen molar-refractivity contribution in [3.63, 3.8) is 0 Å². The Morgan fingerprint density at radius 2 is 2.00 bits per heavy atom. The Morgan fingerprint density at radius 3 is 2.73 bits per heavy atom. The number of nitrogens with zero attached hydrogens (tertiary/aromatic N) is 1. The molecule has 158 valence electrons. The standard InChI is InChI=1S/C22H25N3O2S3/c1-3-5-11-20(26)23-15-8-6-9-16(13-15)30-18(4-2)21(27)25-22-24-17(14-29-22)19-10-7-12-28-19/h6-10,12-14,18H,3-5,11H2,1-2H3,(H,23,26)(H,24,25,27). The average molecular weight is 460 g/mol. The number of thioether (sulfide) groups is 1. The van der Waals surface area contributed by atoms with Gasteiger partial charge in [0.05, 0.1) is 15.8 Å². The minimum absolute atomic E-state index is 0.0223. The lowest BCUT2D eigenvalue weighted by atomic mass is 10.2. The van der Waals surface area contributed by atoms with Gasteiger partial charge in [0.15, 0.2) is 5.13 Å². The van der Waals surface area contributed by atoms with Gasteiger partial charge in [-0.1, -0.05) is 32.4 Å². The molecule has 2 heterocycles. The van der Waals surface area contributed by atoms with E-state index in [1.165, 1.54) is 23.1 Å². The molecule has 0 bridgehead atoms. The van der Waals surface area contributed by atoms with Gasteiger partial charge in [-0.25, -0.2) is 4.98 Å². The summed E-state index contributed by atoms with van der Waals surface area (Å²) in [5, 5.41) is 10.2. The van der Waals surface area contributed by atoms with E-state index < -0.39 is 0 Å². The number of amides is 2. The lowest BCUT2D eigenvalue weighted by Gasteiger charge is -2.14. The van der Waals surface area contributed by atoms with E-state index in [9.17, 15) is 9.59 Å². The lowest BCUT2D eigenvalue weighted by molar-refractivity contribution is -0.116. The molecule has 1 aromatic carbocycles. The van der Waals surface area contributed by atoms with Crippen molar-refractivity contribution in [1.29, 1.82) is 0 Å². The number of nitrogens with one attached hydrogen (secondary N) is 2. The molecule has 3 aromatic rings. The average Bonchev–Trinajstić information content (AvgIpc) is 3.42. The van der Waals surface area contributed by atoms with Crippen molar-refractivity contribution < 1.29 is 9.59 Å². The quantitative estimate of drug-likeness (QED) is 0.339. The van der Waals surface area contributed by atoms with Gasteiger partial charge in [0.2, 0.25) is 11.8 Å². The zero-order chi connectivity index (χ0) is 21.3. The van der Waals surface area contributed by atoms with Gasteiger partial charge in [0.25, 0.3) is 0 Å². The maximum Gasteiger partial charge on any atom is 0.239 e. The summed E-state index contributed by atoms with van der Waals surface area (Å²) in [6, 6.07) is 11.7. The first-order valence-corrected chi connectivity index (χ1v) is 12.6. The number of anilines is 2. The van der Waals surface area contributed by atoms with Crippen LogP contribution in [0.5, 0.6) is 0 Å². The molecule has 0 radical (unpaired) electrons. The Bertz CT molecular complexity index is 970. The van der Waals surface area contributed by atoms with Crippen LogP contribution in [-0.4, -0.2) is 22.0 Å². The van der Waals surface area contributed by atoms with E-state index in [4.69, 9.17) is 0 Å². The van der Waals surface area contributed by atoms with E-state index >= 15 is 0 Å². The van der Waals surface area contributed by atoms with Crippen LogP contribution in [0.3, 0.4) is 0 Å². The Balaban J connectivity index is 1.60. The highest BCUT2D eigenvalue weighted by Gasteiger charge is 2.20. The van der Waals surface area contributed by atoms with Crippen molar-refractivity contribution >= 4 is 57.1 Å². The monoisotopic (exact) mass is 459 g/mol. The van der Waals surface area contributed by atoms with Crippen LogP contribution in [0.4, 0.5) is 10.8 Å². The number of hydrogen-bond acceptors (Lipinski definition) is 6. The van der Waals surface area contributed by atoms with Crippen LogP contribution < -0.4 is 10.6 Å². The van der Waals surface area contributed by atoms with E-state index in [-0.39, 0.29) is 17.1 Å². The molecular formula is C22H25N3O2S3. The first kappa shape index (κ1) is 22.5. The second-order valence-corrected chi connectivity index (χ2v) is 9.78. The van der Waals surface area contributed by atoms with Gasteiger partial charge in [0.1, 0.15) is 0 Å². The molecule has 30 heavy (non-hydrogen) atoms. The molecule has 2 amide bonds. The summed E-state index contributed by atoms with van der Waals surface area (Å²) in [7, 11) is 0. The molecule has 1 atom stereocenters. The summed E-state index contributed by atoms with van der Waals surface area (Å²) in [6.45, 7) is 4.06. The third kappa shape index (κ3) is 6.42. The molecule has 1 unspecified atom stereocenters. The van der Waals surface area contributed by atoms with E-state index in [0.717, 1.165) is 34.0 Å². The van der Waals surface area contributed by atoms with Gasteiger partial charge in [-0.2, -0.15) is 0 Å². The largest absolute Gasteiger partial charge is 0.326 e. The third-order valence-corrected chi connectivity index (χ3v) is 7.33. The van der Waals surface area contributed by atoms with Crippen molar-refractivity contribution in [2.24, 2.45) is 0 Å². The summed E-state index contributed by atoms with van der Waals surface area (Å²) in [5.41, 5.74) is 1.65. The number of unbranched alkanes of at least 4 members (excludes halogenated alkanes) is 1. The highest BCUT2D eigenvalue weighted by molar-refractivity contribution is 8.00. The van der Waals surface area contributed by atoms with E-state index in [1.807, 2.05) is 54.1 Å². The number of hydrogen-bond donors (Lipinski definition) is 2. The number of thiophene rings is 1. The highest BCUT2D eigenvalue weighted by Crippen LogP contribution is 2.31. The number of aromatic nitrogens is 1. The Hall–Kier alpha value is -2.16. The van der Waals surface area contributed by atoms with Crippen molar-refractivity contribution in [3.8, 4) is 10.6 Å². The minimum atomic E-state index is -0.245. The van der Waals surface area contributed by atoms with Gasteiger partial charge in [-0.3, -0.25) is 9.59 Å². The third-order valence-electron chi connectivity index (χ3n) is 4.32. The topological polar surface area (TPSA) is 71.1 Å². The van der Waals surface area contributed by atoms with Gasteiger partial charge in [-0.15, -0.1) is 34.4 Å². The van der Waals surface area contributed by atoms with Crippen LogP contribution in [-0.2, 0) is 9.59 Å². The molecule has 0 aliphatic heterocycles. The van der Waals surface area contributed by atoms with Gasteiger partial charge in [-0.05, 0) is 42.5 Å². The van der Waals surface area contributed by atoms with Gasteiger partial charge >= 0.3 is 0 Å². The second kappa shape index (κ2) is 11.3. The molecule has 0 aliphatic carbocycles. The van der Waals surface area contributed by atoms with Crippen molar-refractivity contribution in [3.05, 3.63) is 47.2 Å². The highest BCUT2D eigenvalue weighted by atomic mass is 32.2. The summed E-state index contributed by atoms with van der Waals surface area (Å²) < 4.78 is 0. The SMILES string of the molecule is CCCCC(=O)Nc1cccc(SC(CC)C(=O)Nc2nc(-c3cccs3)cs2)c1. The fraction of sp³-hybridized carbons (Fsp3) is 0.318. The zero-order valence-electron chi connectivity index (χ0n) is 17.0. The minimum Gasteiger partial charge on any atom is -0.326 e. The molecule has 0 saturated carbocycles. The number of carbonyl (C=O) groups excluding carboxylic acids is 2. The smallest absolute Gasteiger partial charge is 0.239 e. The Labute approximate surface area is 189 Å². The number of thiazole rings is 1. The molecule has 0 spiro atoms. The van der Waals surface area contributed by atoms with Crippen molar-refractivity contribution in [1.82, 2.24) is 4.98 Å². The number of benzene rings is 1. The Kier molecular flexibility index (Phi) is 8.48. The van der Waals surface area contributed by atoms with Crippen molar-refractivity contribution in [2.75, 3.05) is 10.6 Å². The molecule has 0 saturated heterocycles. The maximum absolute atomic E-state index is 12.8. The normalized spacial score (nSPS) is 11.8. The summed E-state index contributed by atoms with van der Waals surface area (Å²) >= 11 is 4.56. The lowest BCUT2D eigenvalue weighted by Crippen LogP contribution is -2.24. The van der Waals surface area contributed by atoms with Crippen LogP contribution >= 0.6 is 34.4 Å². The van der Waals surface area contributed by atoms with E-state index in [2.05, 4.69) is 22.5 Å². The molecule has 2 N–H and O–H groups in total. The summed E-state index contributed by atoms with van der Waals surface area (Å²) in [5.74, 6) is -0.0407. The fourth-order valence-electron chi connectivity index (χ4n) is 2.75. The van der Waals surface area contributed by atoms with Gasteiger partial charge < -0.3 is 10.6 Å². The van der Waals surface area contributed by atoms with Crippen molar-refractivity contribution in [2.45, 2.75) is 49.7 Å². The molecule has 0 fully saturated rings. The maximum atomic E-state index is 12.8. The molecule has 3 rings (SSSR count). The first-order chi connectivity index (χ1) is 14.6. The first-order valence-electron chi connectivity index (χ1n) is 9.96. The fourth-order valence-corrected chi connectivity index (χ4v) is 5.24. The molecular weight excluding hydrogens is 434 g/mol. The number of carbonyl (C=O) groups is 2. The molecule has 2 aromatic heterocycles. The van der Waals surface area contributed by atoms with E-state index in [0.29, 0.717) is 18.0 Å². The van der Waals surface area contributed by atoms with Crippen LogP contribution in [0.2, 0.25) is 0 Å². The summed E-state index contributed by atoms with van der Waals surface area (Å²) in [4.78, 5) is 31.3. The Morgan fingerprint density at radius 1 is 1.13 bits per heavy atom. The second-order valence-electron chi connectivity index (χ2n) is 6.70.